The van der Waals surface area contributed by atoms with Crippen LogP contribution in [0.5, 0.6) is 0 Å². The number of hydrogen-bond donors (Lipinski definition) is 0. The predicted molar refractivity (Wildman–Crippen MR) is 645 cm³/mol. The quantitative estimate of drug-likeness (QED) is 0.0511. The summed E-state index contributed by atoms with van der Waals surface area (Å²) in [6.07, 6.45) is 10.0. The Labute approximate surface area is 904 Å². The lowest BCUT2D eigenvalue weighted by Gasteiger charge is -2.30. The van der Waals surface area contributed by atoms with E-state index < -0.39 is 167 Å². The topological polar surface area (TPSA) is 300 Å². The Balaban J connectivity index is -0.000000202. The normalized spacial score (nSPS) is 12.9. The third-order valence-electron chi connectivity index (χ3n) is 27.5. The van der Waals surface area contributed by atoms with Gasteiger partial charge in [-0.1, -0.05) is 107 Å². The fraction of sp³-hybridized carbons (Fsp3) is 0.947. The zero-order valence-corrected chi connectivity index (χ0v) is 121. The van der Waals surface area contributed by atoms with E-state index in [4.69, 9.17) is 120 Å². The lowest BCUT2D eigenvalue weighted by atomic mass is 10.6. The van der Waals surface area contributed by atoms with E-state index in [9.17, 15) is 14.4 Å². The van der Waals surface area contributed by atoms with Crippen molar-refractivity contribution in [1.29, 1.82) is 0 Å². The van der Waals surface area contributed by atoms with Gasteiger partial charge in [0.25, 0.3) is 17.9 Å². The zero-order valence-electron chi connectivity index (χ0n) is 102. The van der Waals surface area contributed by atoms with E-state index >= 15 is 0 Å². The first-order valence-corrected chi connectivity index (χ1v) is 98.5. The van der Waals surface area contributed by atoms with Crippen molar-refractivity contribution >= 4 is 173 Å². The highest BCUT2D eigenvalue weighted by molar-refractivity contribution is 6.77. The first-order chi connectivity index (χ1) is 66.8. The molecule has 0 heterocycles. The summed E-state index contributed by atoms with van der Waals surface area (Å²) in [6, 6.07) is 29.0. The molecule has 0 saturated heterocycles. The van der Waals surface area contributed by atoms with Crippen molar-refractivity contribution in [2.24, 2.45) is 0 Å². The molecule has 0 aliphatic rings. The molecule has 0 aliphatic heterocycles. The van der Waals surface area contributed by atoms with E-state index in [1.165, 1.54) is 138 Å². The average molecular weight is 2360 g/mol. The Hall–Kier alpha value is 1.09. The van der Waals surface area contributed by atoms with E-state index in [1.807, 2.05) is 89.1 Å². The van der Waals surface area contributed by atoms with Gasteiger partial charge in [0.2, 0.25) is 8.32 Å². The maximum absolute atomic E-state index is 10.9. The summed E-state index contributed by atoms with van der Waals surface area (Å²) in [5.74, 6) is -1.14. The van der Waals surface area contributed by atoms with E-state index in [1.54, 1.807) is 85.3 Å². The molecule has 1 atom stereocenters. The minimum Gasteiger partial charge on any atom is -0.520 e. The summed E-state index contributed by atoms with van der Waals surface area (Å²) in [6.45, 7) is 73.5. The Morgan fingerprint density at radius 1 is 0.245 bits per heavy atom. The summed E-state index contributed by atoms with van der Waals surface area (Å²) >= 11 is 0. The fourth-order valence-corrected chi connectivity index (χ4v) is 52.8. The molecule has 0 fully saturated rings. The second-order valence-electron chi connectivity index (χ2n) is 39.8. The van der Waals surface area contributed by atoms with Gasteiger partial charge in [-0.2, -0.15) is 0 Å². The molecule has 0 saturated carbocycles. The fourth-order valence-electron chi connectivity index (χ4n) is 15.9. The Morgan fingerprint density at radius 2 is 0.531 bits per heavy atom. The molecule has 1 unspecified atom stereocenters. The maximum Gasteiger partial charge on any atom is 0.448 e. The van der Waals surface area contributed by atoms with Gasteiger partial charge in [-0.05, 0) is 296 Å². The minimum absolute atomic E-state index is 0.273. The summed E-state index contributed by atoms with van der Waals surface area (Å²) in [7, 11) is 2.78. The van der Waals surface area contributed by atoms with Crippen LogP contribution in [0.4, 0.5) is 0 Å². The van der Waals surface area contributed by atoms with Crippen LogP contribution in [0.25, 0.3) is 0 Å². The van der Waals surface area contributed by atoms with Gasteiger partial charge in [-0.3, -0.25) is 14.4 Å². The van der Waals surface area contributed by atoms with Gasteiger partial charge >= 0.3 is 79.9 Å². The van der Waals surface area contributed by atoms with Gasteiger partial charge in [-0.25, -0.2) is 0 Å². The average Bonchev–Trinajstić information content (AvgIpc) is 0.866. The molecule has 0 radical (unpaired) electrons. The summed E-state index contributed by atoms with van der Waals surface area (Å²) in [4.78, 5) is 32.7. The molecule has 0 aromatic heterocycles. The van der Waals surface area contributed by atoms with E-state index in [0.29, 0.717) is 12.5 Å². The molecular weight excluding hydrogens is 2130 g/mol. The molecule has 0 rings (SSSR count). The number of rotatable bonds is 78. The first kappa shape index (κ1) is 162. The summed E-state index contributed by atoms with van der Waals surface area (Å²) in [5.41, 5.74) is 1.87. The van der Waals surface area contributed by atoms with E-state index in [2.05, 4.69) is 154 Å². The van der Waals surface area contributed by atoms with Crippen molar-refractivity contribution in [2.75, 3.05) is 168 Å². The maximum atomic E-state index is 10.9. The van der Waals surface area contributed by atoms with Crippen LogP contribution in [-0.2, 0) is 134 Å². The molecule has 48 heteroatoms. The van der Waals surface area contributed by atoms with Crippen LogP contribution in [0.1, 0.15) is 175 Å². The van der Waals surface area contributed by atoms with Gasteiger partial charge in [-0.15, -0.1) is 6.58 Å². The highest BCUT2D eigenvalue weighted by Gasteiger charge is 2.40. The molecule has 0 N–H and O–H groups in total. The molecule has 0 aromatic carbocycles. The molecular formula is C95H236O30Si18. The van der Waals surface area contributed by atoms with Crippen molar-refractivity contribution in [1.82, 2.24) is 0 Å². The van der Waals surface area contributed by atoms with Crippen molar-refractivity contribution in [3.8, 4) is 0 Å². The van der Waals surface area contributed by atoms with Gasteiger partial charge in [0.15, 0.2) is 66.5 Å². The molecule has 0 bridgehead atoms. The highest BCUT2D eigenvalue weighted by atomic mass is 28.4. The van der Waals surface area contributed by atoms with Gasteiger partial charge in [0, 0.05) is 194 Å². The molecule has 0 spiro atoms. The Morgan fingerprint density at radius 3 is 0.797 bits per heavy atom. The summed E-state index contributed by atoms with van der Waals surface area (Å²) < 4.78 is 149. The number of hydrogen-bond acceptors (Lipinski definition) is 30. The predicted octanol–water partition coefficient (Wildman–Crippen LogP) is 25.2. The largest absolute Gasteiger partial charge is 0.520 e. The van der Waals surface area contributed by atoms with Crippen LogP contribution in [0.15, 0.2) is 12.3 Å². The van der Waals surface area contributed by atoms with Crippen molar-refractivity contribution in [3.05, 3.63) is 12.3 Å². The molecule has 0 amide bonds. The van der Waals surface area contributed by atoms with Crippen LogP contribution < -0.4 is 0 Å². The van der Waals surface area contributed by atoms with Crippen molar-refractivity contribution < 1.29 is 134 Å². The molecule has 868 valence electrons. The van der Waals surface area contributed by atoms with Gasteiger partial charge in [0.1, 0.15) is 0 Å². The number of carbonyl (C=O) groups excluding carboxylic acids is 3. The second-order valence-corrected chi connectivity index (χ2v) is 107. The molecule has 143 heavy (non-hydrogen) atoms. The monoisotopic (exact) mass is 2360 g/mol. The Bertz CT molecular complexity index is 2790. The molecule has 0 aromatic rings. The minimum atomic E-state index is -2.29. The van der Waals surface area contributed by atoms with Crippen LogP contribution in [0.2, 0.25) is 249 Å². The van der Waals surface area contributed by atoms with Crippen molar-refractivity contribution in [2.45, 2.75) is 424 Å². The SMILES string of the molecule is C=C[Si](CCC[Si](C)(CC)OC)(OC)OC.CC(=O)O[SiH](CCC[Si](C)(C)OC(C)=O)OC(C)=O.CCO[SiH](CCC[Si](C)(C)OCC)OCC.CCO[Si](C)(C)CCC[Si](C)(OCC)OCC.CC[Si](CC)(CCC[SiH](OC)OC)OC.CC[Si](CC)(CCC[Si](C)(OC)OC)OC.CC[Si](CC)(CCC[Si](CC)(OC)OC)OC.CO[SiH](CCC[Si](C)(C)OC)OC.CO[Si](C)(C)CCC[Si](C)(OC)OC. The summed E-state index contributed by atoms with van der Waals surface area (Å²) in [5, 5.41) is 0. The third kappa shape index (κ3) is 86.9. The number of carbonyl (C=O) groups is 3. The first-order valence-electron chi connectivity index (χ1n) is 53.6. The van der Waals surface area contributed by atoms with Crippen molar-refractivity contribution in [3.63, 3.8) is 0 Å². The van der Waals surface area contributed by atoms with Crippen LogP contribution in [0, 0.1) is 0 Å². The Kier molecular flexibility index (Phi) is 107. The van der Waals surface area contributed by atoms with Crippen LogP contribution in [-0.4, -0.2) is 340 Å². The highest BCUT2D eigenvalue weighted by Crippen LogP contribution is 2.33. The zero-order chi connectivity index (χ0) is 113. The van der Waals surface area contributed by atoms with Gasteiger partial charge in [0.05, 0.1) is 0 Å². The van der Waals surface area contributed by atoms with Crippen LogP contribution >= 0.6 is 0 Å². The van der Waals surface area contributed by atoms with E-state index in [-0.39, 0.29) is 5.97 Å². The standard InChI is InChI=1S/2C12H30O3Si2.C11H22O6Si2.C11H28O3Si2.C11H26O3Si2.C11H28O3Si2.C10H26O3Si2.C9H24O3Si2.C8H22O3Si2/c1-7-13-16(4,5)11-10-12-17(6,14-8-2)15-9-3;1-7-16(8-2,13-4)11-10-12-17(9-3,14-5)15-6;1-9(12)15-18(16-10(2)13)7-6-8-19(4,5)17-11(3)14;1-7-16(8-2,14-5)11-9-10-15(6,12-3)13-4;1-7-15(6,12-3)10-9-11-16(8-2,13-4)14-5;1-6-12-15(13-7-2)10-9-11-16(4,5)14-8-3;1-6-15(7-2,13-5)10-8-9-14(11-3)12-4;1-10-13(4,5)8-7-9-14(6,11-2)12-3;1-9-12(10-2)7-6-8-13(4,5)11-3/h2*7-12H2,1-6H3;18H,6-8H2,1-5H3;7-11H2,1-6H3;8H,2,7,9-11H2,1,3-6H3;15H,6-11H2,1-5H3;14H,6-10H2,1-5H3;7-9H2,1-6H3;12H,6-8H2,1-5H3. The third-order valence-corrected chi connectivity index (χ3v) is 82.5. The van der Waals surface area contributed by atoms with E-state index in [0.717, 1.165) is 125 Å². The lowest BCUT2D eigenvalue weighted by molar-refractivity contribution is -0.138. The van der Waals surface area contributed by atoms with Crippen LogP contribution in [0.3, 0.4) is 0 Å². The molecule has 30 nitrogen and oxygen atoms in total. The van der Waals surface area contributed by atoms with Gasteiger partial charge < -0.3 is 120 Å². The molecule has 0 aliphatic carbocycles. The second kappa shape index (κ2) is 94.2. The lowest BCUT2D eigenvalue weighted by Crippen LogP contribution is -2.40. The smallest absolute Gasteiger partial charge is 0.448 e.